The third-order valence-electron chi connectivity index (χ3n) is 6.39. The minimum atomic E-state index is -0.167. The third-order valence-corrected chi connectivity index (χ3v) is 6.39. The summed E-state index contributed by atoms with van der Waals surface area (Å²) in [7, 11) is 0. The number of hydrogen-bond acceptors (Lipinski definition) is 4. The van der Waals surface area contributed by atoms with Gasteiger partial charge < -0.3 is 5.32 Å². The zero-order chi connectivity index (χ0) is 24.2. The number of aromatic amines is 1. The Bertz CT molecular complexity index is 1430. The molecule has 1 fully saturated rings. The number of fused-ring (bicyclic) bond motifs is 1. The molecule has 0 unspecified atom stereocenters. The third kappa shape index (κ3) is 5.11. The molecule has 174 valence electrons. The maximum Gasteiger partial charge on any atom is 0.227 e. The van der Waals surface area contributed by atoms with Gasteiger partial charge in [0.15, 0.2) is 5.78 Å². The van der Waals surface area contributed by atoms with E-state index in [1.165, 1.54) is 0 Å². The Hall–Kier alpha value is -4.32. The fourth-order valence-corrected chi connectivity index (χ4v) is 4.40. The van der Waals surface area contributed by atoms with Gasteiger partial charge in [0.25, 0.3) is 0 Å². The largest absolute Gasteiger partial charge is 0.326 e. The maximum atomic E-state index is 13.2. The van der Waals surface area contributed by atoms with E-state index in [0.29, 0.717) is 42.5 Å². The average molecular weight is 464 g/mol. The predicted octanol–water partition coefficient (Wildman–Crippen LogP) is 5.66. The van der Waals surface area contributed by atoms with Crippen molar-refractivity contribution in [2.24, 2.45) is 5.92 Å². The molecule has 0 spiro atoms. The number of hydrogen-bond donors (Lipinski definition) is 2. The van der Waals surface area contributed by atoms with Crippen LogP contribution in [0.25, 0.3) is 23.1 Å². The summed E-state index contributed by atoms with van der Waals surface area (Å²) < 4.78 is 0. The lowest BCUT2D eigenvalue weighted by Crippen LogP contribution is -2.27. The van der Waals surface area contributed by atoms with Crippen molar-refractivity contribution in [3.8, 4) is 0 Å². The van der Waals surface area contributed by atoms with E-state index in [0.717, 1.165) is 22.2 Å². The first-order valence-corrected chi connectivity index (χ1v) is 11.8. The molecule has 1 saturated carbocycles. The number of carbonyl (C=O) groups excluding carboxylic acids is 3. The van der Waals surface area contributed by atoms with Crippen molar-refractivity contribution in [3.63, 3.8) is 0 Å². The van der Waals surface area contributed by atoms with Crippen LogP contribution in [-0.4, -0.2) is 27.7 Å². The molecular weight excluding hydrogens is 438 g/mol. The molecule has 3 aromatic carbocycles. The number of rotatable bonds is 6. The van der Waals surface area contributed by atoms with Crippen LogP contribution in [0.2, 0.25) is 0 Å². The second-order valence-corrected chi connectivity index (χ2v) is 8.83. The highest BCUT2D eigenvalue weighted by atomic mass is 16.2. The number of anilines is 1. The predicted molar refractivity (Wildman–Crippen MR) is 137 cm³/mol. The number of nitrogens with one attached hydrogen (secondary N) is 2. The lowest BCUT2D eigenvalue weighted by Gasteiger charge is -2.20. The van der Waals surface area contributed by atoms with Crippen molar-refractivity contribution < 1.29 is 14.4 Å². The fourth-order valence-electron chi connectivity index (χ4n) is 4.40. The second kappa shape index (κ2) is 9.89. The molecule has 35 heavy (non-hydrogen) atoms. The van der Waals surface area contributed by atoms with E-state index >= 15 is 0 Å². The first-order valence-electron chi connectivity index (χ1n) is 11.8. The fraction of sp³-hybridized carbons (Fsp3) is 0.172. The van der Waals surface area contributed by atoms with E-state index in [4.69, 9.17) is 0 Å². The summed E-state index contributed by atoms with van der Waals surface area (Å²) in [5.74, 6) is -0.186. The van der Waals surface area contributed by atoms with Gasteiger partial charge in [0, 0.05) is 41.0 Å². The van der Waals surface area contributed by atoms with Crippen molar-refractivity contribution >= 4 is 46.2 Å². The zero-order valence-electron chi connectivity index (χ0n) is 19.2. The summed E-state index contributed by atoms with van der Waals surface area (Å²) in [5.41, 5.74) is 4.27. The molecule has 6 nitrogen and oxygen atoms in total. The number of H-pyrrole nitrogens is 1. The summed E-state index contributed by atoms with van der Waals surface area (Å²) in [6.07, 6.45) is 6.02. The van der Waals surface area contributed by atoms with Crippen LogP contribution in [0.1, 0.15) is 52.9 Å². The van der Waals surface area contributed by atoms with Crippen molar-refractivity contribution in [3.05, 3.63) is 95.2 Å². The highest BCUT2D eigenvalue weighted by Gasteiger charge is 2.25. The summed E-state index contributed by atoms with van der Waals surface area (Å²) in [4.78, 5) is 37.2. The Balaban J connectivity index is 1.31. The molecular formula is C29H25N3O3. The van der Waals surface area contributed by atoms with Crippen LogP contribution in [0, 0.1) is 5.92 Å². The van der Waals surface area contributed by atoms with Gasteiger partial charge in [-0.05, 0) is 48.7 Å². The van der Waals surface area contributed by atoms with Gasteiger partial charge in [-0.25, -0.2) is 0 Å². The molecule has 1 aliphatic carbocycles. The van der Waals surface area contributed by atoms with Gasteiger partial charge in [0.1, 0.15) is 5.78 Å². The molecule has 1 heterocycles. The number of nitrogens with zero attached hydrogens (tertiary/aromatic N) is 1. The standard InChI is InChI=1S/C29H25N3O3/c33-24-13-10-20(11-14-24)29(35)30-23-8-4-7-21(17-23)28(34)22-12-15-25-26(31-32-27(25)18-22)16-9-19-5-2-1-3-6-19/h1-9,12,15-18,20H,10-11,13-14H2,(H,30,35)(H,31,32)/b16-9+. The molecule has 5 rings (SSSR count). The summed E-state index contributed by atoms with van der Waals surface area (Å²) in [6, 6.07) is 22.4. The van der Waals surface area contributed by atoms with Crippen LogP contribution in [0.5, 0.6) is 0 Å². The molecule has 1 amide bonds. The number of aromatic nitrogens is 2. The van der Waals surface area contributed by atoms with Gasteiger partial charge in [0.05, 0.1) is 11.2 Å². The number of carbonyl (C=O) groups is 3. The lowest BCUT2D eigenvalue weighted by molar-refractivity contribution is -0.125. The quantitative estimate of drug-likeness (QED) is 0.361. The van der Waals surface area contributed by atoms with Crippen molar-refractivity contribution in [1.82, 2.24) is 10.2 Å². The van der Waals surface area contributed by atoms with Gasteiger partial charge in [-0.1, -0.05) is 54.6 Å². The maximum absolute atomic E-state index is 13.2. The van der Waals surface area contributed by atoms with Crippen LogP contribution >= 0.6 is 0 Å². The first-order chi connectivity index (χ1) is 17.1. The average Bonchev–Trinajstić information content (AvgIpc) is 3.30. The van der Waals surface area contributed by atoms with Gasteiger partial charge in [-0.15, -0.1) is 0 Å². The van der Waals surface area contributed by atoms with Crippen LogP contribution in [0.4, 0.5) is 5.69 Å². The van der Waals surface area contributed by atoms with E-state index in [1.807, 2.05) is 48.6 Å². The molecule has 0 bridgehead atoms. The van der Waals surface area contributed by atoms with Gasteiger partial charge >= 0.3 is 0 Å². The summed E-state index contributed by atoms with van der Waals surface area (Å²) >= 11 is 0. The Kier molecular flexibility index (Phi) is 6.35. The van der Waals surface area contributed by atoms with E-state index in [2.05, 4.69) is 15.5 Å². The zero-order valence-corrected chi connectivity index (χ0v) is 19.2. The molecule has 2 N–H and O–H groups in total. The van der Waals surface area contributed by atoms with Crippen LogP contribution < -0.4 is 5.32 Å². The number of amides is 1. The molecule has 0 atom stereocenters. The molecule has 1 aliphatic rings. The lowest BCUT2D eigenvalue weighted by atomic mass is 9.88. The van der Waals surface area contributed by atoms with Crippen molar-refractivity contribution in [1.29, 1.82) is 0 Å². The number of ketones is 2. The Labute approximate surface area is 203 Å². The van der Waals surface area contributed by atoms with Crippen LogP contribution in [-0.2, 0) is 9.59 Å². The Morgan fingerprint density at radius 2 is 1.66 bits per heavy atom. The number of Topliss-reactive ketones (excluding diaryl/α,β-unsaturated/α-hetero) is 1. The minimum Gasteiger partial charge on any atom is -0.326 e. The van der Waals surface area contributed by atoms with Crippen LogP contribution in [0.15, 0.2) is 72.8 Å². The van der Waals surface area contributed by atoms with E-state index < -0.39 is 0 Å². The van der Waals surface area contributed by atoms with Crippen LogP contribution in [0.3, 0.4) is 0 Å². The highest BCUT2D eigenvalue weighted by Crippen LogP contribution is 2.25. The monoisotopic (exact) mass is 463 g/mol. The van der Waals surface area contributed by atoms with Gasteiger partial charge in [0.2, 0.25) is 5.91 Å². The van der Waals surface area contributed by atoms with Gasteiger partial charge in [-0.3, -0.25) is 19.5 Å². The van der Waals surface area contributed by atoms with Crippen molar-refractivity contribution in [2.45, 2.75) is 25.7 Å². The normalized spacial score (nSPS) is 14.5. The molecule has 6 heteroatoms. The smallest absolute Gasteiger partial charge is 0.227 e. The van der Waals surface area contributed by atoms with Gasteiger partial charge in [-0.2, -0.15) is 5.10 Å². The van der Waals surface area contributed by atoms with E-state index in [-0.39, 0.29) is 23.4 Å². The highest BCUT2D eigenvalue weighted by molar-refractivity contribution is 6.11. The first kappa shape index (κ1) is 22.5. The molecule has 0 radical (unpaired) electrons. The minimum absolute atomic E-state index is 0.0999. The van der Waals surface area contributed by atoms with Crippen molar-refractivity contribution in [2.75, 3.05) is 5.32 Å². The SMILES string of the molecule is O=C1CCC(C(=O)Nc2cccc(C(=O)c3ccc4c(/C=C/c5ccccc5)n[nH]c4c3)c2)CC1. The molecule has 0 saturated heterocycles. The summed E-state index contributed by atoms with van der Waals surface area (Å²) in [6.45, 7) is 0. The second-order valence-electron chi connectivity index (χ2n) is 8.83. The molecule has 1 aromatic heterocycles. The Morgan fingerprint density at radius 3 is 2.46 bits per heavy atom. The van der Waals surface area contributed by atoms with E-state index in [9.17, 15) is 14.4 Å². The molecule has 0 aliphatic heterocycles. The number of benzene rings is 3. The topological polar surface area (TPSA) is 91.9 Å². The van der Waals surface area contributed by atoms with E-state index in [1.54, 1.807) is 36.4 Å². The Morgan fingerprint density at radius 1 is 0.886 bits per heavy atom. The molecule has 4 aromatic rings. The summed E-state index contributed by atoms with van der Waals surface area (Å²) in [5, 5.41) is 11.2.